The molecule has 6 atom stereocenters. The van der Waals surface area contributed by atoms with Gasteiger partial charge < -0.3 is 24.8 Å². The van der Waals surface area contributed by atoms with E-state index in [1.54, 1.807) is 13.0 Å². The largest absolute Gasteiger partial charge is 0.455 e. The smallest absolute Gasteiger partial charge is 0.334 e. The maximum Gasteiger partial charge on any atom is 0.334 e. The summed E-state index contributed by atoms with van der Waals surface area (Å²) in [6.07, 6.45) is 21.7. The third-order valence-electron chi connectivity index (χ3n) is 8.94. The van der Waals surface area contributed by atoms with Crippen molar-refractivity contribution in [1.82, 2.24) is 0 Å². The number of hydrogen-bond acceptors (Lipinski definition) is 7. The Hall–Kier alpha value is -1.28. The number of ketones is 1. The van der Waals surface area contributed by atoms with Crippen LogP contribution in [0.4, 0.5) is 0 Å². The van der Waals surface area contributed by atoms with E-state index in [-0.39, 0.29) is 30.1 Å². The Morgan fingerprint density at radius 1 is 0.762 bits per heavy atom. The second-order valence-electron chi connectivity index (χ2n) is 12.9. The second-order valence-corrected chi connectivity index (χ2v) is 12.9. The summed E-state index contributed by atoms with van der Waals surface area (Å²) in [6, 6.07) is 0. The standard InChI is InChI=1S/C35H62O7/c1-3-4-5-6-7-8-9-10-11-14-21-31(38)33-23-24-34(42-33)32(39)22-15-12-13-18-29(36)19-16-17-20-30(37)26-28-25-27(2)41-35(28)40/h25,27,30-34,37-39H,3-24,26H2,1-2H3/t27-,30+,31+,32+,33+,34-/m0/s1. The number of esters is 1. The molecule has 0 aliphatic carbocycles. The molecule has 1 saturated heterocycles. The lowest BCUT2D eigenvalue weighted by Gasteiger charge is -2.22. The summed E-state index contributed by atoms with van der Waals surface area (Å²) in [6.45, 7) is 4.05. The van der Waals surface area contributed by atoms with Crippen LogP contribution in [0.2, 0.25) is 0 Å². The summed E-state index contributed by atoms with van der Waals surface area (Å²) in [5, 5.41) is 31.3. The van der Waals surface area contributed by atoms with Crippen LogP contribution in [0.15, 0.2) is 11.6 Å². The molecule has 2 aliphatic rings. The van der Waals surface area contributed by atoms with Gasteiger partial charge in [-0.2, -0.15) is 0 Å². The Morgan fingerprint density at radius 3 is 1.76 bits per heavy atom. The first-order valence-corrected chi connectivity index (χ1v) is 17.4. The Bertz CT molecular complexity index is 766. The number of hydrogen-bond donors (Lipinski definition) is 3. The van der Waals surface area contributed by atoms with Crippen molar-refractivity contribution in [3.63, 3.8) is 0 Å². The lowest BCUT2D eigenvalue weighted by atomic mass is 9.99. The molecule has 0 bridgehead atoms. The zero-order valence-corrected chi connectivity index (χ0v) is 26.8. The normalized spacial score (nSPS) is 22.6. The van der Waals surface area contributed by atoms with Crippen LogP contribution in [0.25, 0.3) is 0 Å². The van der Waals surface area contributed by atoms with Gasteiger partial charge in [-0.25, -0.2) is 4.79 Å². The van der Waals surface area contributed by atoms with E-state index in [0.29, 0.717) is 37.7 Å². The average Bonchev–Trinajstić information content (AvgIpc) is 3.58. The zero-order chi connectivity index (χ0) is 30.6. The first-order chi connectivity index (χ1) is 20.3. The molecule has 0 amide bonds. The van der Waals surface area contributed by atoms with E-state index in [9.17, 15) is 24.9 Å². The molecule has 2 rings (SSSR count). The first-order valence-electron chi connectivity index (χ1n) is 17.4. The highest BCUT2D eigenvalue weighted by Crippen LogP contribution is 2.28. The van der Waals surface area contributed by atoms with Gasteiger partial charge >= 0.3 is 5.97 Å². The van der Waals surface area contributed by atoms with Crippen LogP contribution in [0.1, 0.15) is 162 Å². The van der Waals surface area contributed by atoms with Gasteiger partial charge in [-0.15, -0.1) is 0 Å². The zero-order valence-electron chi connectivity index (χ0n) is 26.8. The number of aliphatic hydroxyl groups is 3. The summed E-state index contributed by atoms with van der Waals surface area (Å²) in [5.41, 5.74) is 0.549. The van der Waals surface area contributed by atoms with E-state index in [0.717, 1.165) is 57.8 Å². The number of rotatable bonds is 26. The Labute approximate surface area is 255 Å². The quantitative estimate of drug-likeness (QED) is 0.0713. The average molecular weight is 595 g/mol. The van der Waals surface area contributed by atoms with E-state index in [1.807, 2.05) is 0 Å². The topological polar surface area (TPSA) is 113 Å². The molecule has 0 radical (unpaired) electrons. The number of Topliss-reactive ketones (excluding diaryl/α,β-unsaturated/α-hetero) is 1. The van der Waals surface area contributed by atoms with Crippen molar-refractivity contribution in [2.45, 2.75) is 198 Å². The number of unbranched alkanes of at least 4 members (excludes halogenated alkanes) is 12. The minimum Gasteiger partial charge on any atom is -0.455 e. The van der Waals surface area contributed by atoms with Gasteiger partial charge in [0.1, 0.15) is 11.9 Å². The van der Waals surface area contributed by atoms with Crippen molar-refractivity contribution in [3.8, 4) is 0 Å². The minimum absolute atomic E-state index is 0.151. The molecule has 2 aliphatic heterocycles. The van der Waals surface area contributed by atoms with Gasteiger partial charge in [0.05, 0.1) is 30.5 Å². The molecule has 0 aromatic rings. The summed E-state index contributed by atoms with van der Waals surface area (Å²) in [7, 11) is 0. The molecule has 7 nitrogen and oxygen atoms in total. The van der Waals surface area contributed by atoms with Crippen molar-refractivity contribution < 1.29 is 34.4 Å². The summed E-state index contributed by atoms with van der Waals surface area (Å²) in [4.78, 5) is 23.9. The molecular weight excluding hydrogens is 532 g/mol. The van der Waals surface area contributed by atoms with Gasteiger partial charge in [0.2, 0.25) is 0 Å². The molecule has 244 valence electrons. The molecule has 3 N–H and O–H groups in total. The van der Waals surface area contributed by atoms with Crippen LogP contribution >= 0.6 is 0 Å². The molecule has 0 unspecified atom stereocenters. The number of carbonyl (C=O) groups is 2. The molecule has 2 heterocycles. The fraction of sp³-hybridized carbons (Fsp3) is 0.886. The fourth-order valence-corrected chi connectivity index (χ4v) is 6.28. The van der Waals surface area contributed by atoms with Crippen molar-refractivity contribution >= 4 is 11.8 Å². The van der Waals surface area contributed by atoms with Gasteiger partial charge in [0.15, 0.2) is 0 Å². The molecular formula is C35H62O7. The van der Waals surface area contributed by atoms with Crippen LogP contribution < -0.4 is 0 Å². The SMILES string of the molecule is CCCCCCCCCCCC[C@@H](O)[C@H]1CC[C@@H]([C@H](O)CCCCCC(=O)CCCC[C@@H](O)CC2=C[C@H](C)OC2=O)O1. The lowest BCUT2D eigenvalue weighted by molar-refractivity contribution is -0.139. The van der Waals surface area contributed by atoms with E-state index in [4.69, 9.17) is 9.47 Å². The molecule has 1 fully saturated rings. The van der Waals surface area contributed by atoms with Crippen LogP contribution in [-0.4, -0.2) is 63.7 Å². The van der Waals surface area contributed by atoms with Crippen molar-refractivity contribution in [3.05, 3.63) is 11.6 Å². The molecule has 7 heteroatoms. The monoisotopic (exact) mass is 594 g/mol. The van der Waals surface area contributed by atoms with Gasteiger partial charge in [-0.05, 0) is 57.9 Å². The molecule has 0 spiro atoms. The highest BCUT2D eigenvalue weighted by atomic mass is 16.5. The molecule has 0 saturated carbocycles. The van der Waals surface area contributed by atoms with Gasteiger partial charge in [0.25, 0.3) is 0 Å². The molecule has 0 aromatic heterocycles. The Balaban J connectivity index is 1.41. The maximum absolute atomic E-state index is 12.2. The van der Waals surface area contributed by atoms with Crippen molar-refractivity contribution in [1.29, 1.82) is 0 Å². The van der Waals surface area contributed by atoms with Gasteiger partial charge in [-0.1, -0.05) is 90.4 Å². The predicted molar refractivity (Wildman–Crippen MR) is 167 cm³/mol. The van der Waals surface area contributed by atoms with Crippen LogP contribution in [0.3, 0.4) is 0 Å². The van der Waals surface area contributed by atoms with Crippen molar-refractivity contribution in [2.24, 2.45) is 0 Å². The van der Waals surface area contributed by atoms with Crippen LogP contribution in [-0.2, 0) is 19.1 Å². The predicted octanol–water partition coefficient (Wildman–Crippen LogP) is 7.27. The number of carbonyl (C=O) groups excluding carboxylic acids is 2. The van der Waals surface area contributed by atoms with Crippen molar-refractivity contribution in [2.75, 3.05) is 0 Å². The minimum atomic E-state index is -0.581. The number of cyclic esters (lactones) is 1. The van der Waals surface area contributed by atoms with Gasteiger partial charge in [0, 0.05) is 24.8 Å². The van der Waals surface area contributed by atoms with E-state index >= 15 is 0 Å². The third kappa shape index (κ3) is 16.0. The van der Waals surface area contributed by atoms with Crippen LogP contribution in [0.5, 0.6) is 0 Å². The molecule has 0 aromatic carbocycles. The Kier molecular flexibility index (Phi) is 19.6. The number of aliphatic hydroxyl groups excluding tert-OH is 3. The lowest BCUT2D eigenvalue weighted by Crippen LogP contribution is -2.31. The third-order valence-corrected chi connectivity index (χ3v) is 8.94. The first kappa shape index (κ1) is 36.9. The van der Waals surface area contributed by atoms with E-state index in [2.05, 4.69) is 6.92 Å². The Morgan fingerprint density at radius 2 is 1.24 bits per heavy atom. The van der Waals surface area contributed by atoms with E-state index < -0.39 is 18.3 Å². The summed E-state index contributed by atoms with van der Waals surface area (Å²) < 4.78 is 11.1. The van der Waals surface area contributed by atoms with Gasteiger partial charge in [-0.3, -0.25) is 4.79 Å². The maximum atomic E-state index is 12.2. The van der Waals surface area contributed by atoms with E-state index in [1.165, 1.54) is 57.8 Å². The second kappa shape index (κ2) is 22.3. The number of ether oxygens (including phenoxy) is 2. The highest BCUT2D eigenvalue weighted by Gasteiger charge is 2.34. The fourth-order valence-electron chi connectivity index (χ4n) is 6.28. The highest BCUT2D eigenvalue weighted by molar-refractivity contribution is 5.90. The summed E-state index contributed by atoms with van der Waals surface area (Å²) in [5.74, 6) is -0.0860. The summed E-state index contributed by atoms with van der Waals surface area (Å²) >= 11 is 0. The molecule has 42 heavy (non-hydrogen) atoms. The van der Waals surface area contributed by atoms with Crippen LogP contribution in [0, 0.1) is 0 Å².